The van der Waals surface area contributed by atoms with Gasteiger partial charge in [-0.15, -0.1) is 10.2 Å². The topological polar surface area (TPSA) is 79.8 Å². The zero-order valence-electron chi connectivity index (χ0n) is 16.1. The number of carbonyl (C=O) groups is 1. The van der Waals surface area contributed by atoms with E-state index in [0.717, 1.165) is 25.3 Å². The summed E-state index contributed by atoms with van der Waals surface area (Å²) in [5.74, 6) is -0.640. The third kappa shape index (κ3) is 2.94. The second-order valence-electron chi connectivity index (χ2n) is 7.41. The first-order valence-corrected chi connectivity index (χ1v) is 9.53. The maximum Gasteiger partial charge on any atom is 0.247 e. The van der Waals surface area contributed by atoms with Gasteiger partial charge in [-0.25, -0.2) is 9.37 Å². The summed E-state index contributed by atoms with van der Waals surface area (Å²) in [7, 11) is 0. The summed E-state index contributed by atoms with van der Waals surface area (Å²) < 4.78 is 17.2. The molecule has 0 aromatic carbocycles. The molecule has 0 aliphatic carbocycles. The zero-order valence-corrected chi connectivity index (χ0v) is 16.1. The Balaban J connectivity index is 1.54. The van der Waals surface area contributed by atoms with Crippen molar-refractivity contribution in [1.29, 1.82) is 0 Å². The average molecular weight is 393 g/mol. The van der Waals surface area contributed by atoms with Crippen LogP contribution in [0.2, 0.25) is 0 Å². The molecule has 148 valence electrons. The van der Waals surface area contributed by atoms with Crippen molar-refractivity contribution in [3.05, 3.63) is 59.7 Å². The Kier molecular flexibility index (Phi) is 4.06. The molecule has 1 aliphatic rings. The smallest absolute Gasteiger partial charge is 0.247 e. The molecule has 0 bridgehead atoms. The number of hydrogen-bond donors (Lipinski definition) is 1. The van der Waals surface area contributed by atoms with Crippen molar-refractivity contribution in [2.45, 2.75) is 19.9 Å². The summed E-state index contributed by atoms with van der Waals surface area (Å²) in [5, 5.41) is 11.7. The molecule has 1 saturated heterocycles. The van der Waals surface area contributed by atoms with Gasteiger partial charge in [-0.3, -0.25) is 13.6 Å². The van der Waals surface area contributed by atoms with Gasteiger partial charge < -0.3 is 10.2 Å². The normalized spacial score (nSPS) is 17.3. The van der Waals surface area contributed by atoms with E-state index in [9.17, 15) is 9.18 Å². The number of halogens is 1. The highest BCUT2D eigenvalue weighted by molar-refractivity contribution is 6.06. The number of nitrogens with zero attached hydrogens (tertiary/aromatic N) is 6. The van der Waals surface area contributed by atoms with E-state index in [1.54, 1.807) is 17.5 Å². The molecule has 1 atom stereocenters. The quantitative estimate of drug-likeness (QED) is 0.535. The Hall–Kier alpha value is -3.33. The standard InChI is InChI=1S/C20H20FN7O/c1-12-10-26(8-6-22-12)14-5-7-27-17(9-14)24-25-20(27)18(29)16-4-3-15(21)19-23-13(2)11-28(16)19/h3-5,7,9,11-12,22H,6,8,10H2,1-2H3. The number of pyridine rings is 2. The van der Waals surface area contributed by atoms with E-state index in [0.29, 0.717) is 17.4 Å². The summed E-state index contributed by atoms with van der Waals surface area (Å²) in [5.41, 5.74) is 2.68. The monoisotopic (exact) mass is 393 g/mol. The molecular formula is C20H20FN7O. The fourth-order valence-corrected chi connectivity index (χ4v) is 3.85. The van der Waals surface area contributed by atoms with Crippen molar-refractivity contribution in [2.24, 2.45) is 0 Å². The molecular weight excluding hydrogens is 373 g/mol. The number of carbonyl (C=O) groups excluding carboxylic acids is 1. The van der Waals surface area contributed by atoms with Crippen LogP contribution in [0, 0.1) is 12.7 Å². The van der Waals surface area contributed by atoms with E-state index in [2.05, 4.69) is 32.3 Å². The van der Waals surface area contributed by atoms with Crippen LogP contribution in [0.5, 0.6) is 0 Å². The number of fused-ring (bicyclic) bond motifs is 2. The first-order chi connectivity index (χ1) is 14.0. The van der Waals surface area contributed by atoms with Crippen molar-refractivity contribution in [3.63, 3.8) is 0 Å². The van der Waals surface area contributed by atoms with Gasteiger partial charge in [-0.05, 0) is 32.0 Å². The van der Waals surface area contributed by atoms with Gasteiger partial charge in [-0.1, -0.05) is 0 Å². The number of hydrogen-bond acceptors (Lipinski definition) is 6. The molecule has 1 unspecified atom stereocenters. The van der Waals surface area contributed by atoms with Crippen LogP contribution in [0.3, 0.4) is 0 Å². The molecule has 0 radical (unpaired) electrons. The second-order valence-corrected chi connectivity index (χ2v) is 7.41. The fourth-order valence-electron chi connectivity index (χ4n) is 3.85. The number of nitrogens with one attached hydrogen (secondary N) is 1. The maximum absolute atomic E-state index is 14.1. The highest BCUT2D eigenvalue weighted by Gasteiger charge is 2.22. The third-order valence-electron chi connectivity index (χ3n) is 5.25. The Bertz CT molecular complexity index is 1240. The van der Waals surface area contributed by atoms with Gasteiger partial charge in [-0.2, -0.15) is 0 Å². The highest BCUT2D eigenvalue weighted by Crippen LogP contribution is 2.20. The first kappa shape index (κ1) is 17.7. The number of piperazine rings is 1. The first-order valence-electron chi connectivity index (χ1n) is 9.53. The number of rotatable bonds is 3. The Morgan fingerprint density at radius 1 is 1.24 bits per heavy atom. The van der Waals surface area contributed by atoms with Crippen molar-refractivity contribution in [2.75, 3.05) is 24.5 Å². The van der Waals surface area contributed by atoms with Crippen molar-refractivity contribution >= 4 is 22.8 Å². The Morgan fingerprint density at radius 2 is 2.10 bits per heavy atom. The van der Waals surface area contributed by atoms with E-state index in [-0.39, 0.29) is 22.9 Å². The van der Waals surface area contributed by atoms with Crippen molar-refractivity contribution in [1.82, 2.24) is 29.3 Å². The molecule has 1 fully saturated rings. The van der Waals surface area contributed by atoms with Gasteiger partial charge in [0.2, 0.25) is 11.6 Å². The van der Waals surface area contributed by atoms with Crippen LogP contribution in [0.4, 0.5) is 10.1 Å². The fraction of sp³-hybridized carbons (Fsp3) is 0.300. The van der Waals surface area contributed by atoms with Gasteiger partial charge in [0.15, 0.2) is 17.1 Å². The lowest BCUT2D eigenvalue weighted by atomic mass is 10.2. The molecule has 1 aliphatic heterocycles. The van der Waals surface area contributed by atoms with Gasteiger partial charge >= 0.3 is 0 Å². The third-order valence-corrected chi connectivity index (χ3v) is 5.25. The lowest BCUT2D eigenvalue weighted by molar-refractivity contribution is 0.102. The molecule has 5 rings (SSSR count). The lowest BCUT2D eigenvalue weighted by Crippen LogP contribution is -2.49. The van der Waals surface area contributed by atoms with E-state index >= 15 is 0 Å². The molecule has 9 heteroatoms. The number of imidazole rings is 1. The number of ketones is 1. The molecule has 4 aromatic heterocycles. The van der Waals surface area contributed by atoms with Gasteiger partial charge in [0, 0.05) is 49.8 Å². The highest BCUT2D eigenvalue weighted by atomic mass is 19.1. The summed E-state index contributed by atoms with van der Waals surface area (Å²) in [6, 6.07) is 7.01. The van der Waals surface area contributed by atoms with Gasteiger partial charge in [0.05, 0.1) is 11.4 Å². The molecule has 1 N–H and O–H groups in total. The average Bonchev–Trinajstić information content (AvgIpc) is 3.31. The molecule has 4 aromatic rings. The van der Waals surface area contributed by atoms with E-state index in [1.807, 2.05) is 18.3 Å². The molecule has 8 nitrogen and oxygen atoms in total. The van der Waals surface area contributed by atoms with Crippen molar-refractivity contribution < 1.29 is 9.18 Å². The minimum Gasteiger partial charge on any atom is -0.369 e. The molecule has 0 amide bonds. The summed E-state index contributed by atoms with van der Waals surface area (Å²) in [6.45, 7) is 6.65. The van der Waals surface area contributed by atoms with E-state index < -0.39 is 5.82 Å². The van der Waals surface area contributed by atoms with E-state index in [4.69, 9.17) is 0 Å². The minimum atomic E-state index is -0.476. The van der Waals surface area contributed by atoms with Crippen LogP contribution in [0.1, 0.15) is 28.9 Å². The van der Waals surface area contributed by atoms with Crippen LogP contribution in [-0.2, 0) is 0 Å². The Labute approximate surface area is 166 Å². The summed E-state index contributed by atoms with van der Waals surface area (Å²) >= 11 is 0. The van der Waals surface area contributed by atoms with Crippen LogP contribution in [0.25, 0.3) is 11.3 Å². The summed E-state index contributed by atoms with van der Waals surface area (Å²) in [4.78, 5) is 19.6. The molecule has 0 spiro atoms. The zero-order chi connectivity index (χ0) is 20.1. The summed E-state index contributed by atoms with van der Waals surface area (Å²) in [6.07, 6.45) is 3.45. The molecule has 5 heterocycles. The predicted molar refractivity (Wildman–Crippen MR) is 106 cm³/mol. The molecule has 29 heavy (non-hydrogen) atoms. The number of aromatic nitrogens is 5. The second kappa shape index (κ2) is 6.63. The predicted octanol–water partition coefficient (Wildman–Crippen LogP) is 1.85. The van der Waals surface area contributed by atoms with Gasteiger partial charge in [0.25, 0.3) is 0 Å². The minimum absolute atomic E-state index is 0.122. The Morgan fingerprint density at radius 3 is 2.93 bits per heavy atom. The van der Waals surface area contributed by atoms with Crippen LogP contribution < -0.4 is 10.2 Å². The van der Waals surface area contributed by atoms with Crippen LogP contribution in [0.15, 0.2) is 36.7 Å². The van der Waals surface area contributed by atoms with Gasteiger partial charge in [0.1, 0.15) is 0 Å². The SMILES string of the molecule is Cc1cn2c(C(=O)c3nnc4cc(N5CCNC(C)C5)ccn34)ccc(F)c2n1. The van der Waals surface area contributed by atoms with Crippen LogP contribution >= 0.6 is 0 Å². The van der Waals surface area contributed by atoms with Crippen LogP contribution in [-0.4, -0.2) is 55.4 Å². The maximum atomic E-state index is 14.1. The van der Waals surface area contributed by atoms with Crippen molar-refractivity contribution in [3.8, 4) is 0 Å². The number of anilines is 1. The number of aryl methyl sites for hydroxylation is 1. The lowest BCUT2D eigenvalue weighted by Gasteiger charge is -2.33. The van der Waals surface area contributed by atoms with E-state index in [1.165, 1.54) is 16.5 Å². The largest absolute Gasteiger partial charge is 0.369 e. The molecule has 0 saturated carbocycles.